The predicted octanol–water partition coefficient (Wildman–Crippen LogP) is 2.46. The number of ether oxygens (including phenoxy) is 1. The Morgan fingerprint density at radius 3 is 2.72 bits per heavy atom. The highest BCUT2D eigenvalue weighted by atomic mass is 19.1. The molecule has 0 heterocycles. The van der Waals surface area contributed by atoms with E-state index in [0.29, 0.717) is 5.75 Å². The Hall–Kier alpha value is -2.89. The first-order valence-electron chi connectivity index (χ1n) is 8.13. The fraction of sp³-hybridized carbons (Fsp3) is 0.263. The quantitative estimate of drug-likeness (QED) is 0.839. The Balaban J connectivity index is 1.52. The maximum Gasteiger partial charge on any atom is 0.276 e. The molecule has 0 saturated heterocycles. The molecule has 2 amide bonds. The first-order chi connectivity index (χ1) is 12.0. The highest BCUT2D eigenvalue weighted by molar-refractivity contribution is 5.95. The zero-order valence-electron chi connectivity index (χ0n) is 13.9. The van der Waals surface area contributed by atoms with Crippen LogP contribution in [0.25, 0.3) is 0 Å². The molecule has 2 aromatic rings. The second-order valence-electron chi connectivity index (χ2n) is 5.99. The van der Waals surface area contributed by atoms with Crippen molar-refractivity contribution in [1.82, 2.24) is 10.9 Å². The van der Waals surface area contributed by atoms with Crippen molar-refractivity contribution in [3.05, 3.63) is 64.5 Å². The van der Waals surface area contributed by atoms with Crippen molar-refractivity contribution < 1.29 is 18.7 Å². The van der Waals surface area contributed by atoms with Crippen LogP contribution >= 0.6 is 0 Å². The minimum Gasteiger partial charge on any atom is -0.483 e. The first kappa shape index (κ1) is 17.0. The van der Waals surface area contributed by atoms with Crippen molar-refractivity contribution in [1.29, 1.82) is 0 Å². The zero-order chi connectivity index (χ0) is 17.8. The van der Waals surface area contributed by atoms with Crippen molar-refractivity contribution in [2.45, 2.75) is 26.2 Å². The molecule has 0 aromatic heterocycles. The number of halogens is 1. The molecule has 0 saturated carbocycles. The Labute approximate surface area is 145 Å². The van der Waals surface area contributed by atoms with Gasteiger partial charge >= 0.3 is 0 Å². The van der Waals surface area contributed by atoms with Crippen molar-refractivity contribution in [2.75, 3.05) is 6.61 Å². The highest BCUT2D eigenvalue weighted by Gasteiger charge is 2.18. The zero-order valence-corrected chi connectivity index (χ0v) is 13.9. The first-order valence-corrected chi connectivity index (χ1v) is 8.13. The van der Waals surface area contributed by atoms with E-state index in [2.05, 4.69) is 17.8 Å². The lowest BCUT2D eigenvalue weighted by Gasteiger charge is -2.13. The normalized spacial score (nSPS) is 12.4. The van der Waals surface area contributed by atoms with Crippen LogP contribution in [0.15, 0.2) is 36.4 Å². The summed E-state index contributed by atoms with van der Waals surface area (Å²) in [7, 11) is 0. The fourth-order valence-corrected chi connectivity index (χ4v) is 3.00. The summed E-state index contributed by atoms with van der Waals surface area (Å²) in [6, 6.07) is 9.07. The standard InChI is InChI=1S/C19H19FN2O3/c1-12-8-9-17(16-7-3-6-15(12)16)25-11-18(23)21-22-19(24)13-4-2-5-14(20)10-13/h2,4-5,8-10H,3,6-7,11H2,1H3,(H,21,23)(H,22,24). The van der Waals surface area contributed by atoms with E-state index in [1.165, 1.54) is 29.3 Å². The number of hydrogen-bond donors (Lipinski definition) is 2. The van der Waals surface area contributed by atoms with Gasteiger partial charge in [-0.15, -0.1) is 0 Å². The monoisotopic (exact) mass is 342 g/mol. The minimum atomic E-state index is -0.593. The van der Waals surface area contributed by atoms with Crippen LogP contribution in [-0.4, -0.2) is 18.4 Å². The van der Waals surface area contributed by atoms with E-state index in [1.807, 2.05) is 12.1 Å². The number of aryl methyl sites for hydroxylation is 1. The molecular formula is C19H19FN2O3. The molecule has 6 heteroatoms. The Morgan fingerprint density at radius 1 is 1.12 bits per heavy atom. The number of hydrazine groups is 1. The van der Waals surface area contributed by atoms with Gasteiger partial charge in [0, 0.05) is 5.56 Å². The van der Waals surface area contributed by atoms with Gasteiger partial charge in [-0.25, -0.2) is 4.39 Å². The Morgan fingerprint density at radius 2 is 1.92 bits per heavy atom. The molecule has 25 heavy (non-hydrogen) atoms. The second-order valence-corrected chi connectivity index (χ2v) is 5.99. The molecule has 2 aromatic carbocycles. The molecule has 0 fully saturated rings. The molecule has 0 aliphatic heterocycles. The number of carbonyl (C=O) groups excluding carboxylic acids is 2. The van der Waals surface area contributed by atoms with E-state index in [9.17, 15) is 14.0 Å². The van der Waals surface area contributed by atoms with Crippen molar-refractivity contribution in [3.63, 3.8) is 0 Å². The van der Waals surface area contributed by atoms with Gasteiger partial charge in [-0.1, -0.05) is 12.1 Å². The van der Waals surface area contributed by atoms with Crippen LogP contribution in [-0.2, 0) is 17.6 Å². The van der Waals surface area contributed by atoms with E-state index in [-0.39, 0.29) is 12.2 Å². The third-order valence-electron chi connectivity index (χ3n) is 4.24. The number of hydrogen-bond acceptors (Lipinski definition) is 3. The van der Waals surface area contributed by atoms with Crippen LogP contribution in [0.1, 0.15) is 33.5 Å². The van der Waals surface area contributed by atoms with Crippen LogP contribution < -0.4 is 15.6 Å². The number of amides is 2. The molecule has 0 bridgehead atoms. The number of nitrogens with one attached hydrogen (secondary N) is 2. The van der Waals surface area contributed by atoms with E-state index in [4.69, 9.17) is 4.74 Å². The molecule has 1 aliphatic carbocycles. The van der Waals surface area contributed by atoms with E-state index >= 15 is 0 Å². The van der Waals surface area contributed by atoms with Crippen molar-refractivity contribution >= 4 is 11.8 Å². The summed E-state index contributed by atoms with van der Waals surface area (Å²) in [5, 5.41) is 0. The number of benzene rings is 2. The molecule has 0 unspecified atom stereocenters. The number of rotatable bonds is 4. The van der Waals surface area contributed by atoms with Gasteiger partial charge in [0.05, 0.1) is 0 Å². The van der Waals surface area contributed by atoms with Crippen molar-refractivity contribution in [2.24, 2.45) is 0 Å². The maximum absolute atomic E-state index is 13.1. The smallest absolute Gasteiger partial charge is 0.276 e. The summed E-state index contributed by atoms with van der Waals surface area (Å²) in [5.74, 6) is -0.888. The van der Waals surface area contributed by atoms with Gasteiger partial charge in [0.15, 0.2) is 6.61 Å². The van der Waals surface area contributed by atoms with Crippen LogP contribution in [0.2, 0.25) is 0 Å². The SMILES string of the molecule is Cc1ccc(OCC(=O)NNC(=O)c2cccc(F)c2)c2c1CCC2. The molecule has 3 rings (SSSR count). The third kappa shape index (κ3) is 3.96. The summed E-state index contributed by atoms with van der Waals surface area (Å²) in [6.07, 6.45) is 3.07. The number of carbonyl (C=O) groups is 2. The number of fused-ring (bicyclic) bond motifs is 1. The lowest BCUT2D eigenvalue weighted by molar-refractivity contribution is -0.123. The lowest BCUT2D eigenvalue weighted by atomic mass is 10.0. The topological polar surface area (TPSA) is 67.4 Å². The van der Waals surface area contributed by atoms with E-state index < -0.39 is 17.6 Å². The van der Waals surface area contributed by atoms with Gasteiger partial charge in [0.1, 0.15) is 11.6 Å². The molecule has 0 atom stereocenters. The summed E-state index contributed by atoms with van der Waals surface area (Å²) >= 11 is 0. The van der Waals surface area contributed by atoms with Gasteiger partial charge < -0.3 is 4.74 Å². The summed E-state index contributed by atoms with van der Waals surface area (Å²) in [4.78, 5) is 23.7. The summed E-state index contributed by atoms with van der Waals surface area (Å²) in [6.45, 7) is 1.86. The molecule has 0 spiro atoms. The molecule has 1 aliphatic rings. The highest BCUT2D eigenvalue weighted by Crippen LogP contribution is 2.32. The summed E-state index contributed by atoms with van der Waals surface area (Å²) in [5.41, 5.74) is 8.33. The largest absolute Gasteiger partial charge is 0.483 e. The van der Waals surface area contributed by atoms with Gasteiger partial charge in [-0.2, -0.15) is 0 Å². The van der Waals surface area contributed by atoms with Gasteiger partial charge in [-0.3, -0.25) is 20.4 Å². The Kier molecular flexibility index (Phi) is 4.97. The third-order valence-corrected chi connectivity index (χ3v) is 4.24. The van der Waals surface area contributed by atoms with Crippen molar-refractivity contribution in [3.8, 4) is 5.75 Å². The molecule has 0 radical (unpaired) electrons. The lowest BCUT2D eigenvalue weighted by Crippen LogP contribution is -2.43. The molecule has 130 valence electrons. The predicted molar refractivity (Wildman–Crippen MR) is 90.7 cm³/mol. The van der Waals surface area contributed by atoms with Crippen LogP contribution in [0.3, 0.4) is 0 Å². The Bertz CT molecular complexity index is 820. The van der Waals surface area contributed by atoms with Gasteiger partial charge in [0.2, 0.25) is 0 Å². The van der Waals surface area contributed by atoms with Crippen LogP contribution in [0.5, 0.6) is 5.75 Å². The molecular weight excluding hydrogens is 323 g/mol. The maximum atomic E-state index is 13.1. The van der Waals surface area contributed by atoms with Gasteiger partial charge in [0.25, 0.3) is 11.8 Å². The van der Waals surface area contributed by atoms with Gasteiger partial charge in [-0.05, 0) is 67.1 Å². The molecule has 5 nitrogen and oxygen atoms in total. The minimum absolute atomic E-state index is 0.123. The average Bonchev–Trinajstić information content (AvgIpc) is 3.10. The average molecular weight is 342 g/mol. The summed E-state index contributed by atoms with van der Waals surface area (Å²) < 4.78 is 18.7. The van der Waals surface area contributed by atoms with Crippen LogP contribution in [0.4, 0.5) is 4.39 Å². The van der Waals surface area contributed by atoms with Crippen LogP contribution in [0, 0.1) is 12.7 Å². The van der Waals surface area contributed by atoms with E-state index in [0.717, 1.165) is 30.9 Å². The second kappa shape index (κ2) is 7.34. The fourth-order valence-electron chi connectivity index (χ4n) is 3.00. The van der Waals surface area contributed by atoms with E-state index in [1.54, 1.807) is 0 Å². The molecule has 2 N–H and O–H groups in total.